The first-order chi connectivity index (χ1) is 10.8. The van der Waals surface area contributed by atoms with E-state index in [4.69, 9.17) is 0 Å². The Kier molecular flexibility index (Phi) is 3.16. The lowest BCUT2D eigenvalue weighted by molar-refractivity contribution is 0.278. The minimum Gasteiger partial charge on any atom is -0.335 e. The number of nitrogens with zero attached hydrogens (tertiary/aromatic N) is 3. The van der Waals surface area contributed by atoms with Crippen molar-refractivity contribution >= 4 is 17.6 Å². The molecule has 0 bridgehead atoms. The second kappa shape index (κ2) is 5.31. The number of allylic oxidation sites excluding steroid dienone is 2. The Balaban J connectivity index is 1.82. The smallest absolute Gasteiger partial charge is 0.0927 e. The summed E-state index contributed by atoms with van der Waals surface area (Å²) in [7, 11) is 0. The molecular formula is C18H17N3O. The van der Waals surface area contributed by atoms with E-state index in [9.17, 15) is 5.21 Å². The van der Waals surface area contributed by atoms with E-state index < -0.39 is 0 Å². The summed E-state index contributed by atoms with van der Waals surface area (Å²) in [5.41, 5.74) is 4.88. The molecular weight excluding hydrogens is 274 g/mol. The molecule has 2 aromatic carbocycles. The van der Waals surface area contributed by atoms with Gasteiger partial charge in [0.05, 0.1) is 29.3 Å². The van der Waals surface area contributed by atoms with Gasteiger partial charge in [0.15, 0.2) is 0 Å². The summed E-state index contributed by atoms with van der Waals surface area (Å²) in [5.74, 6) is 0. The summed E-state index contributed by atoms with van der Waals surface area (Å²) in [6, 6.07) is 18.1. The molecule has 22 heavy (non-hydrogen) atoms. The molecule has 0 amide bonds. The lowest BCUT2D eigenvalue weighted by Crippen LogP contribution is -2.39. The summed E-state index contributed by atoms with van der Waals surface area (Å²) in [6.45, 7) is 1.62. The second-order valence-electron chi connectivity index (χ2n) is 5.48. The monoisotopic (exact) mass is 291 g/mol. The quantitative estimate of drug-likeness (QED) is 0.923. The molecule has 2 aliphatic heterocycles. The van der Waals surface area contributed by atoms with Crippen LogP contribution in [0.5, 0.6) is 0 Å². The summed E-state index contributed by atoms with van der Waals surface area (Å²) in [5, 5.41) is 12.0. The van der Waals surface area contributed by atoms with Crippen molar-refractivity contribution in [1.29, 1.82) is 0 Å². The van der Waals surface area contributed by atoms with Crippen LogP contribution in [0.4, 0.5) is 11.4 Å². The Labute approximate surface area is 129 Å². The molecule has 0 fully saturated rings. The van der Waals surface area contributed by atoms with Crippen LogP contribution in [0.25, 0.3) is 0 Å². The van der Waals surface area contributed by atoms with Gasteiger partial charge in [0.1, 0.15) is 0 Å². The molecule has 4 nitrogen and oxygen atoms in total. The van der Waals surface area contributed by atoms with Crippen molar-refractivity contribution in [3.8, 4) is 0 Å². The van der Waals surface area contributed by atoms with Crippen molar-refractivity contribution in [2.75, 3.05) is 23.1 Å². The average molecular weight is 291 g/mol. The zero-order chi connectivity index (χ0) is 14.9. The third-order valence-corrected chi connectivity index (χ3v) is 4.12. The molecule has 0 unspecified atom stereocenters. The minimum absolute atomic E-state index is 0.670. The molecule has 2 heterocycles. The fraction of sp³-hybridized carbons (Fsp3) is 0.167. The van der Waals surface area contributed by atoms with Gasteiger partial charge >= 0.3 is 0 Å². The van der Waals surface area contributed by atoms with Gasteiger partial charge in [-0.15, -0.1) is 0 Å². The molecule has 2 aromatic rings. The molecule has 110 valence electrons. The molecule has 0 atom stereocenters. The molecule has 0 saturated carbocycles. The highest BCUT2D eigenvalue weighted by Crippen LogP contribution is 2.39. The average Bonchev–Trinajstić information content (AvgIpc) is 2.59. The Morgan fingerprint density at radius 1 is 0.955 bits per heavy atom. The topological polar surface area (TPSA) is 39.1 Å². The van der Waals surface area contributed by atoms with Gasteiger partial charge in [0, 0.05) is 19.2 Å². The molecule has 0 radical (unpaired) electrons. The predicted molar refractivity (Wildman–Crippen MR) is 88.6 cm³/mol. The van der Waals surface area contributed by atoms with Crippen molar-refractivity contribution < 1.29 is 5.21 Å². The number of anilines is 2. The highest BCUT2D eigenvalue weighted by atomic mass is 16.5. The standard InChI is InChI=1S/C18H17N3O/c22-21-16-9-5-4-8-15(16)20-11-10-19-13-18(20)17(21)12-14-6-2-1-3-7-14/h1-9,13,22H,10-12H2. The van der Waals surface area contributed by atoms with Gasteiger partial charge in [-0.25, -0.2) is 5.06 Å². The molecule has 0 saturated heterocycles. The van der Waals surface area contributed by atoms with Gasteiger partial charge in [-0.2, -0.15) is 0 Å². The van der Waals surface area contributed by atoms with Crippen molar-refractivity contribution in [3.05, 3.63) is 71.6 Å². The third kappa shape index (κ3) is 2.09. The Morgan fingerprint density at radius 2 is 1.68 bits per heavy atom. The minimum atomic E-state index is 0.670. The van der Waals surface area contributed by atoms with Crippen molar-refractivity contribution in [3.63, 3.8) is 0 Å². The Morgan fingerprint density at radius 3 is 2.50 bits per heavy atom. The van der Waals surface area contributed by atoms with E-state index in [0.29, 0.717) is 6.42 Å². The van der Waals surface area contributed by atoms with Crippen LogP contribution >= 0.6 is 0 Å². The number of benzene rings is 2. The van der Waals surface area contributed by atoms with Crippen LogP contribution in [0.15, 0.2) is 71.0 Å². The number of rotatable bonds is 2. The Hall–Kier alpha value is -2.59. The zero-order valence-corrected chi connectivity index (χ0v) is 12.2. The van der Waals surface area contributed by atoms with Crippen molar-refractivity contribution in [2.45, 2.75) is 6.42 Å². The molecule has 0 aliphatic carbocycles. The number of aliphatic imine (C=N–C) groups is 1. The van der Waals surface area contributed by atoms with E-state index in [2.05, 4.69) is 22.0 Å². The van der Waals surface area contributed by atoms with Crippen LogP contribution in [0.3, 0.4) is 0 Å². The summed E-state index contributed by atoms with van der Waals surface area (Å²) in [4.78, 5) is 6.64. The molecule has 4 rings (SSSR count). The number of hydrogen-bond acceptors (Lipinski definition) is 4. The fourth-order valence-electron chi connectivity index (χ4n) is 3.06. The van der Waals surface area contributed by atoms with E-state index in [1.54, 1.807) is 0 Å². The van der Waals surface area contributed by atoms with Gasteiger partial charge in [-0.05, 0) is 17.7 Å². The van der Waals surface area contributed by atoms with Gasteiger partial charge in [-0.1, -0.05) is 42.5 Å². The second-order valence-corrected chi connectivity index (χ2v) is 5.48. The third-order valence-electron chi connectivity index (χ3n) is 4.12. The summed E-state index contributed by atoms with van der Waals surface area (Å²) < 4.78 is 0. The zero-order valence-electron chi connectivity index (χ0n) is 12.2. The van der Waals surface area contributed by atoms with Crippen LogP contribution in [-0.2, 0) is 6.42 Å². The molecule has 0 aromatic heterocycles. The van der Waals surface area contributed by atoms with Gasteiger partial charge in [0.25, 0.3) is 0 Å². The van der Waals surface area contributed by atoms with Crippen molar-refractivity contribution in [2.24, 2.45) is 4.99 Å². The number of hydrogen-bond donors (Lipinski definition) is 1. The molecule has 2 aliphatic rings. The molecule has 1 N–H and O–H groups in total. The maximum Gasteiger partial charge on any atom is 0.0927 e. The van der Waals surface area contributed by atoms with Crippen molar-refractivity contribution in [1.82, 2.24) is 0 Å². The highest BCUT2D eigenvalue weighted by molar-refractivity contribution is 5.93. The van der Waals surface area contributed by atoms with E-state index in [1.807, 2.05) is 48.7 Å². The fourth-order valence-corrected chi connectivity index (χ4v) is 3.06. The normalized spacial score (nSPS) is 16.6. The first kappa shape index (κ1) is 13.1. The predicted octanol–water partition coefficient (Wildman–Crippen LogP) is 3.24. The lowest BCUT2D eigenvalue weighted by Gasteiger charge is -2.39. The first-order valence-electron chi connectivity index (χ1n) is 7.47. The van der Waals surface area contributed by atoms with Gasteiger partial charge in [0.2, 0.25) is 0 Å². The van der Waals surface area contributed by atoms with Crippen LogP contribution in [0.1, 0.15) is 5.56 Å². The first-order valence-corrected chi connectivity index (χ1v) is 7.47. The maximum absolute atomic E-state index is 10.7. The lowest BCUT2D eigenvalue weighted by atomic mass is 10.0. The number of fused-ring (bicyclic) bond motifs is 3. The van der Waals surface area contributed by atoms with E-state index >= 15 is 0 Å². The highest BCUT2D eigenvalue weighted by Gasteiger charge is 2.30. The van der Waals surface area contributed by atoms with E-state index in [-0.39, 0.29) is 0 Å². The van der Waals surface area contributed by atoms with Crippen LogP contribution in [0, 0.1) is 0 Å². The van der Waals surface area contributed by atoms with E-state index in [1.165, 1.54) is 10.6 Å². The van der Waals surface area contributed by atoms with Gasteiger partial charge in [-0.3, -0.25) is 10.2 Å². The number of hydroxylamine groups is 1. The van der Waals surface area contributed by atoms with Crippen LogP contribution in [-0.4, -0.2) is 24.5 Å². The van der Waals surface area contributed by atoms with E-state index in [0.717, 1.165) is 35.9 Å². The molecule has 0 spiro atoms. The number of para-hydroxylation sites is 2. The maximum atomic E-state index is 10.7. The summed E-state index contributed by atoms with van der Waals surface area (Å²) in [6.07, 6.45) is 2.55. The SMILES string of the molecule is ON1C(Cc2ccccc2)=C2C=NCCN2c2ccccc21. The van der Waals surface area contributed by atoms with Crippen LogP contribution < -0.4 is 9.96 Å². The van der Waals surface area contributed by atoms with Crippen LogP contribution in [0.2, 0.25) is 0 Å². The summed E-state index contributed by atoms with van der Waals surface area (Å²) >= 11 is 0. The molecule has 4 heteroatoms. The van der Waals surface area contributed by atoms with Gasteiger partial charge < -0.3 is 4.90 Å². The Bertz CT molecular complexity index is 752. The largest absolute Gasteiger partial charge is 0.335 e.